The first-order chi connectivity index (χ1) is 7.16. The molecule has 0 bridgehead atoms. The van der Waals surface area contributed by atoms with Crippen LogP contribution in [0, 0.1) is 6.92 Å². The molecule has 0 spiro atoms. The van der Waals surface area contributed by atoms with Crippen molar-refractivity contribution in [2.45, 2.75) is 13.5 Å². The second kappa shape index (κ2) is 3.81. The highest BCUT2D eigenvalue weighted by atomic mass is 15.3. The average Bonchev–Trinajstić information content (AvgIpc) is 2.70. The molecule has 2 rings (SSSR count). The quantitative estimate of drug-likeness (QED) is 0.825. The normalized spacial score (nSPS) is 10.6. The van der Waals surface area contributed by atoms with Gasteiger partial charge >= 0.3 is 0 Å². The Balaban J connectivity index is 2.05. The molecule has 0 radical (unpaired) electrons. The van der Waals surface area contributed by atoms with Gasteiger partial charge in [-0.2, -0.15) is 5.10 Å². The van der Waals surface area contributed by atoms with E-state index in [0.717, 1.165) is 17.9 Å². The first-order valence-electron chi connectivity index (χ1n) is 5.01. The summed E-state index contributed by atoms with van der Waals surface area (Å²) in [6.45, 7) is 2.84. The maximum atomic E-state index is 4.28. The number of anilines is 1. The van der Waals surface area contributed by atoms with E-state index in [1.54, 1.807) is 0 Å². The fourth-order valence-corrected chi connectivity index (χ4v) is 1.64. The molecule has 2 aromatic heterocycles. The van der Waals surface area contributed by atoms with E-state index in [2.05, 4.69) is 21.0 Å². The van der Waals surface area contributed by atoms with Gasteiger partial charge in [-0.25, -0.2) is 0 Å². The minimum absolute atomic E-state index is 0.829. The Kier molecular flexibility index (Phi) is 2.49. The molecular formula is C11H16N4. The summed E-state index contributed by atoms with van der Waals surface area (Å²) in [6.07, 6.45) is 4.05. The summed E-state index contributed by atoms with van der Waals surface area (Å²) in [7, 11) is 3.98. The second-order valence-corrected chi connectivity index (χ2v) is 3.77. The van der Waals surface area contributed by atoms with Crippen LogP contribution < -0.4 is 5.32 Å². The number of rotatable bonds is 3. The van der Waals surface area contributed by atoms with E-state index in [0.29, 0.717) is 0 Å². The predicted octanol–water partition coefficient (Wildman–Crippen LogP) is 1.68. The van der Waals surface area contributed by atoms with Crippen LogP contribution in [0.5, 0.6) is 0 Å². The molecule has 0 aliphatic heterocycles. The lowest BCUT2D eigenvalue weighted by molar-refractivity contribution is 0.756. The van der Waals surface area contributed by atoms with Gasteiger partial charge in [0, 0.05) is 32.2 Å². The molecule has 0 fully saturated rings. The highest BCUT2D eigenvalue weighted by Crippen LogP contribution is 2.12. The van der Waals surface area contributed by atoms with Crippen molar-refractivity contribution < 1.29 is 0 Å². The standard InChI is InChI=1S/C11H16N4/c1-9-11(8-15(3)13-9)12-7-10-5-4-6-14(10)2/h4-6,8,12H,7H2,1-3H3. The van der Waals surface area contributed by atoms with Crippen LogP contribution in [0.3, 0.4) is 0 Å². The summed E-state index contributed by atoms with van der Waals surface area (Å²) >= 11 is 0. The van der Waals surface area contributed by atoms with Gasteiger partial charge in [-0.3, -0.25) is 4.68 Å². The molecule has 4 nitrogen and oxygen atoms in total. The molecular weight excluding hydrogens is 188 g/mol. The maximum Gasteiger partial charge on any atom is 0.0825 e. The van der Waals surface area contributed by atoms with Crippen molar-refractivity contribution in [1.29, 1.82) is 0 Å². The first kappa shape index (κ1) is 9.83. The average molecular weight is 204 g/mol. The number of aryl methyl sites for hydroxylation is 3. The van der Waals surface area contributed by atoms with E-state index < -0.39 is 0 Å². The highest BCUT2D eigenvalue weighted by Gasteiger charge is 2.02. The van der Waals surface area contributed by atoms with Gasteiger partial charge in [0.1, 0.15) is 0 Å². The summed E-state index contributed by atoms with van der Waals surface area (Å²) in [5.41, 5.74) is 3.39. The van der Waals surface area contributed by atoms with Crippen LogP contribution in [0.4, 0.5) is 5.69 Å². The summed E-state index contributed by atoms with van der Waals surface area (Å²) < 4.78 is 3.93. The summed E-state index contributed by atoms with van der Waals surface area (Å²) in [5, 5.41) is 7.65. The van der Waals surface area contributed by atoms with Gasteiger partial charge < -0.3 is 9.88 Å². The fraction of sp³-hybridized carbons (Fsp3) is 0.364. The molecule has 0 aliphatic carbocycles. The molecule has 1 N–H and O–H groups in total. The Labute approximate surface area is 89.5 Å². The Bertz CT molecular complexity index is 453. The summed E-state index contributed by atoms with van der Waals surface area (Å²) in [6, 6.07) is 4.16. The molecule has 0 saturated heterocycles. The maximum absolute atomic E-state index is 4.28. The third kappa shape index (κ3) is 2.03. The second-order valence-electron chi connectivity index (χ2n) is 3.77. The number of nitrogens with zero attached hydrogens (tertiary/aromatic N) is 3. The van der Waals surface area contributed by atoms with Crippen LogP contribution in [0.15, 0.2) is 24.5 Å². The number of hydrogen-bond donors (Lipinski definition) is 1. The van der Waals surface area contributed by atoms with Crippen LogP contribution in [-0.2, 0) is 20.6 Å². The van der Waals surface area contributed by atoms with Crippen LogP contribution in [0.2, 0.25) is 0 Å². The summed E-state index contributed by atoms with van der Waals surface area (Å²) in [5.74, 6) is 0. The predicted molar refractivity (Wildman–Crippen MR) is 60.7 cm³/mol. The van der Waals surface area contributed by atoms with Crippen LogP contribution in [0.1, 0.15) is 11.4 Å². The minimum atomic E-state index is 0.829. The molecule has 2 aromatic rings. The zero-order valence-corrected chi connectivity index (χ0v) is 9.36. The molecule has 4 heteroatoms. The third-order valence-electron chi connectivity index (χ3n) is 2.52. The largest absolute Gasteiger partial charge is 0.377 e. The number of nitrogens with one attached hydrogen (secondary N) is 1. The number of aromatic nitrogens is 3. The van der Waals surface area contributed by atoms with E-state index in [1.165, 1.54) is 5.69 Å². The van der Waals surface area contributed by atoms with E-state index >= 15 is 0 Å². The monoisotopic (exact) mass is 204 g/mol. The van der Waals surface area contributed by atoms with Crippen molar-refractivity contribution >= 4 is 5.69 Å². The van der Waals surface area contributed by atoms with Crippen molar-refractivity contribution in [3.8, 4) is 0 Å². The van der Waals surface area contributed by atoms with Gasteiger partial charge in [0.2, 0.25) is 0 Å². The first-order valence-corrected chi connectivity index (χ1v) is 5.01. The van der Waals surface area contributed by atoms with Crippen LogP contribution in [0.25, 0.3) is 0 Å². The molecule has 0 atom stereocenters. The Morgan fingerprint density at radius 2 is 2.20 bits per heavy atom. The lowest BCUT2D eigenvalue weighted by Crippen LogP contribution is -2.04. The van der Waals surface area contributed by atoms with Crippen molar-refractivity contribution in [1.82, 2.24) is 14.3 Å². The summed E-state index contributed by atoms with van der Waals surface area (Å²) in [4.78, 5) is 0. The molecule has 0 unspecified atom stereocenters. The van der Waals surface area contributed by atoms with Crippen molar-refractivity contribution in [3.63, 3.8) is 0 Å². The van der Waals surface area contributed by atoms with Gasteiger partial charge in [-0.05, 0) is 19.1 Å². The zero-order chi connectivity index (χ0) is 10.8. The Hall–Kier alpha value is -1.71. The lowest BCUT2D eigenvalue weighted by atomic mass is 10.3. The zero-order valence-electron chi connectivity index (χ0n) is 9.36. The third-order valence-corrected chi connectivity index (χ3v) is 2.52. The molecule has 15 heavy (non-hydrogen) atoms. The minimum Gasteiger partial charge on any atom is -0.377 e. The van der Waals surface area contributed by atoms with Crippen molar-refractivity contribution in [2.75, 3.05) is 5.32 Å². The van der Waals surface area contributed by atoms with Gasteiger partial charge in [-0.1, -0.05) is 0 Å². The molecule has 0 saturated carbocycles. The fourth-order valence-electron chi connectivity index (χ4n) is 1.64. The molecule has 0 aromatic carbocycles. The van der Waals surface area contributed by atoms with Crippen LogP contribution in [-0.4, -0.2) is 14.3 Å². The Morgan fingerprint density at radius 1 is 1.40 bits per heavy atom. The molecule has 80 valence electrons. The molecule has 0 aliphatic rings. The van der Waals surface area contributed by atoms with E-state index in [9.17, 15) is 0 Å². The molecule has 0 amide bonds. The van der Waals surface area contributed by atoms with Gasteiger partial charge in [-0.15, -0.1) is 0 Å². The van der Waals surface area contributed by atoms with E-state index in [-0.39, 0.29) is 0 Å². The van der Waals surface area contributed by atoms with Crippen molar-refractivity contribution in [3.05, 3.63) is 35.9 Å². The Morgan fingerprint density at radius 3 is 2.73 bits per heavy atom. The lowest BCUT2D eigenvalue weighted by Gasteiger charge is -2.05. The van der Waals surface area contributed by atoms with Gasteiger partial charge in [0.05, 0.1) is 17.9 Å². The number of hydrogen-bond acceptors (Lipinski definition) is 2. The van der Waals surface area contributed by atoms with E-state index in [1.807, 2.05) is 44.2 Å². The van der Waals surface area contributed by atoms with Gasteiger partial charge in [0.15, 0.2) is 0 Å². The molecule has 2 heterocycles. The van der Waals surface area contributed by atoms with Crippen LogP contribution >= 0.6 is 0 Å². The smallest absolute Gasteiger partial charge is 0.0825 e. The highest BCUT2D eigenvalue weighted by molar-refractivity contribution is 5.45. The SMILES string of the molecule is Cc1nn(C)cc1NCc1cccn1C. The van der Waals surface area contributed by atoms with Gasteiger partial charge in [0.25, 0.3) is 0 Å². The van der Waals surface area contributed by atoms with Crippen molar-refractivity contribution in [2.24, 2.45) is 14.1 Å². The van der Waals surface area contributed by atoms with E-state index in [4.69, 9.17) is 0 Å². The topological polar surface area (TPSA) is 34.8 Å².